The SMILES string of the molecule is NS(=O)(=O)n1ccnn1. The molecular formula is C2H4N4O2S. The number of aromatic nitrogens is 3. The van der Waals surface area contributed by atoms with Crippen LogP contribution in [-0.2, 0) is 10.2 Å². The fourth-order valence-corrected chi connectivity index (χ4v) is 0.701. The van der Waals surface area contributed by atoms with Crippen molar-refractivity contribution >= 4 is 10.2 Å². The summed E-state index contributed by atoms with van der Waals surface area (Å²) in [6.07, 6.45) is 2.37. The van der Waals surface area contributed by atoms with Crippen LogP contribution in [0.3, 0.4) is 0 Å². The van der Waals surface area contributed by atoms with Crippen molar-refractivity contribution in [3.63, 3.8) is 0 Å². The highest BCUT2D eigenvalue weighted by Gasteiger charge is 2.03. The maximum atomic E-state index is 10.3. The van der Waals surface area contributed by atoms with Gasteiger partial charge in [-0.1, -0.05) is 5.21 Å². The largest absolute Gasteiger partial charge is 0.319 e. The Bertz CT molecular complexity index is 274. The van der Waals surface area contributed by atoms with E-state index in [0.29, 0.717) is 4.09 Å². The smallest absolute Gasteiger partial charge is 0.209 e. The fourth-order valence-electron chi connectivity index (χ4n) is 0.333. The van der Waals surface area contributed by atoms with Gasteiger partial charge in [0.15, 0.2) is 0 Å². The summed E-state index contributed by atoms with van der Waals surface area (Å²) in [5.74, 6) is 0. The Hall–Kier alpha value is -0.950. The third kappa shape index (κ3) is 1.24. The van der Waals surface area contributed by atoms with Crippen LogP contribution in [0.4, 0.5) is 0 Å². The van der Waals surface area contributed by atoms with Gasteiger partial charge in [-0.25, -0.2) is 5.14 Å². The minimum absolute atomic E-state index is 0.576. The Balaban J connectivity index is 3.20. The molecule has 0 aromatic carbocycles. The molecule has 7 heteroatoms. The topological polar surface area (TPSA) is 90.9 Å². The summed E-state index contributed by atoms with van der Waals surface area (Å²) in [5, 5.41) is 11.0. The van der Waals surface area contributed by atoms with E-state index in [4.69, 9.17) is 0 Å². The molecule has 0 fully saturated rings. The molecule has 0 atom stereocenters. The molecule has 0 spiro atoms. The van der Waals surface area contributed by atoms with Crippen molar-refractivity contribution in [3.05, 3.63) is 12.4 Å². The van der Waals surface area contributed by atoms with Crippen LogP contribution in [0.25, 0.3) is 0 Å². The van der Waals surface area contributed by atoms with Crippen molar-refractivity contribution in [1.82, 2.24) is 14.4 Å². The summed E-state index contributed by atoms with van der Waals surface area (Å²) in [7, 11) is -3.72. The van der Waals surface area contributed by atoms with E-state index in [1.807, 2.05) is 0 Å². The quantitative estimate of drug-likeness (QED) is 0.515. The van der Waals surface area contributed by atoms with Crippen molar-refractivity contribution in [2.45, 2.75) is 0 Å². The minimum atomic E-state index is -3.72. The Morgan fingerprint density at radius 3 is 2.44 bits per heavy atom. The molecule has 0 aliphatic rings. The summed E-state index contributed by atoms with van der Waals surface area (Å²) < 4.78 is 21.2. The predicted molar refractivity (Wildman–Crippen MR) is 28.5 cm³/mol. The molecule has 1 heterocycles. The lowest BCUT2D eigenvalue weighted by molar-refractivity contribution is 0.579. The number of rotatable bonds is 1. The third-order valence-corrected chi connectivity index (χ3v) is 1.38. The van der Waals surface area contributed by atoms with E-state index in [9.17, 15) is 8.42 Å². The van der Waals surface area contributed by atoms with E-state index >= 15 is 0 Å². The van der Waals surface area contributed by atoms with E-state index in [1.54, 1.807) is 0 Å². The molecule has 0 saturated carbocycles. The molecule has 0 aliphatic heterocycles. The molecule has 0 saturated heterocycles. The predicted octanol–water partition coefficient (Wildman–Crippen LogP) is -1.67. The highest BCUT2D eigenvalue weighted by atomic mass is 32.2. The van der Waals surface area contributed by atoms with Gasteiger partial charge in [0.1, 0.15) is 0 Å². The summed E-state index contributed by atoms with van der Waals surface area (Å²) in [4.78, 5) is 0. The second-order valence-corrected chi connectivity index (χ2v) is 2.72. The van der Waals surface area contributed by atoms with Gasteiger partial charge in [-0.2, -0.15) is 8.42 Å². The van der Waals surface area contributed by atoms with E-state index in [2.05, 4.69) is 15.5 Å². The zero-order chi connectivity index (χ0) is 6.91. The summed E-state index contributed by atoms with van der Waals surface area (Å²) in [5.41, 5.74) is 0. The first kappa shape index (κ1) is 6.17. The molecule has 9 heavy (non-hydrogen) atoms. The maximum absolute atomic E-state index is 10.3. The van der Waals surface area contributed by atoms with Crippen molar-refractivity contribution in [1.29, 1.82) is 0 Å². The lowest BCUT2D eigenvalue weighted by atomic mass is 11.0. The van der Waals surface area contributed by atoms with Crippen LogP contribution >= 0.6 is 0 Å². The number of hydrogen-bond acceptors (Lipinski definition) is 4. The van der Waals surface area contributed by atoms with Crippen LogP contribution < -0.4 is 5.14 Å². The molecule has 2 N–H and O–H groups in total. The van der Waals surface area contributed by atoms with Crippen LogP contribution in [0, 0.1) is 0 Å². The monoisotopic (exact) mass is 148 g/mol. The number of nitrogens with zero attached hydrogens (tertiary/aromatic N) is 3. The van der Waals surface area contributed by atoms with E-state index in [-0.39, 0.29) is 0 Å². The van der Waals surface area contributed by atoms with Gasteiger partial charge in [0.05, 0.1) is 12.4 Å². The van der Waals surface area contributed by atoms with Crippen molar-refractivity contribution in [2.24, 2.45) is 5.14 Å². The summed E-state index contributed by atoms with van der Waals surface area (Å²) in [6, 6.07) is 0. The molecule has 1 aromatic rings. The Morgan fingerprint density at radius 2 is 2.22 bits per heavy atom. The zero-order valence-corrected chi connectivity index (χ0v) is 5.11. The maximum Gasteiger partial charge on any atom is 0.319 e. The fraction of sp³-hybridized carbons (Fsp3) is 0. The Kier molecular flexibility index (Phi) is 1.22. The normalized spacial score (nSPS) is 11.7. The average molecular weight is 148 g/mol. The van der Waals surface area contributed by atoms with E-state index in [1.165, 1.54) is 6.20 Å². The van der Waals surface area contributed by atoms with Crippen LogP contribution in [0.1, 0.15) is 0 Å². The number of nitrogens with two attached hydrogens (primary N) is 1. The molecule has 6 nitrogen and oxygen atoms in total. The molecule has 0 unspecified atom stereocenters. The average Bonchev–Trinajstić information content (AvgIpc) is 2.08. The zero-order valence-electron chi connectivity index (χ0n) is 4.30. The molecule has 1 rings (SSSR count). The molecule has 0 bridgehead atoms. The first-order valence-electron chi connectivity index (χ1n) is 2.00. The van der Waals surface area contributed by atoms with Crippen molar-refractivity contribution in [2.75, 3.05) is 0 Å². The van der Waals surface area contributed by atoms with Gasteiger partial charge in [-0.15, -0.1) is 9.19 Å². The summed E-state index contributed by atoms with van der Waals surface area (Å²) >= 11 is 0. The molecule has 0 amide bonds. The van der Waals surface area contributed by atoms with Gasteiger partial charge >= 0.3 is 10.2 Å². The summed E-state index contributed by atoms with van der Waals surface area (Å²) in [6.45, 7) is 0. The Morgan fingerprint density at radius 1 is 1.56 bits per heavy atom. The van der Waals surface area contributed by atoms with Gasteiger partial charge in [0.25, 0.3) is 0 Å². The molecule has 50 valence electrons. The standard InChI is InChI=1S/C2H4N4O2S/c3-9(7,8)6-2-1-4-5-6/h1-2H,(H2,3,7,8). The van der Waals surface area contributed by atoms with Crippen LogP contribution in [0.5, 0.6) is 0 Å². The van der Waals surface area contributed by atoms with E-state index < -0.39 is 10.2 Å². The molecular weight excluding hydrogens is 144 g/mol. The van der Waals surface area contributed by atoms with Crippen LogP contribution in [-0.4, -0.2) is 22.8 Å². The van der Waals surface area contributed by atoms with Crippen LogP contribution in [0.2, 0.25) is 0 Å². The first-order valence-corrected chi connectivity index (χ1v) is 3.50. The highest BCUT2D eigenvalue weighted by Crippen LogP contribution is 1.81. The lowest BCUT2D eigenvalue weighted by Crippen LogP contribution is -2.22. The second-order valence-electron chi connectivity index (χ2n) is 1.32. The van der Waals surface area contributed by atoms with Gasteiger partial charge in [0, 0.05) is 0 Å². The van der Waals surface area contributed by atoms with Gasteiger partial charge in [0.2, 0.25) is 0 Å². The molecule has 1 aromatic heterocycles. The van der Waals surface area contributed by atoms with Gasteiger partial charge in [-0.3, -0.25) is 0 Å². The molecule has 0 radical (unpaired) electrons. The highest BCUT2D eigenvalue weighted by molar-refractivity contribution is 7.87. The van der Waals surface area contributed by atoms with Crippen molar-refractivity contribution in [3.8, 4) is 0 Å². The first-order chi connectivity index (χ1) is 4.11. The number of hydrogen-bond donors (Lipinski definition) is 1. The van der Waals surface area contributed by atoms with Crippen molar-refractivity contribution < 1.29 is 8.42 Å². The minimum Gasteiger partial charge on any atom is -0.209 e. The lowest BCUT2D eigenvalue weighted by Gasteiger charge is -1.90. The van der Waals surface area contributed by atoms with Crippen LogP contribution in [0.15, 0.2) is 12.4 Å². The van der Waals surface area contributed by atoms with Gasteiger partial charge < -0.3 is 0 Å². The Labute approximate surface area is 51.5 Å². The second kappa shape index (κ2) is 1.78. The van der Waals surface area contributed by atoms with Gasteiger partial charge in [-0.05, 0) is 0 Å². The van der Waals surface area contributed by atoms with E-state index in [0.717, 1.165) is 6.20 Å². The third-order valence-electron chi connectivity index (χ3n) is 0.661. The molecule has 0 aliphatic carbocycles.